The van der Waals surface area contributed by atoms with Gasteiger partial charge in [0.15, 0.2) is 6.61 Å². The zero-order valence-corrected chi connectivity index (χ0v) is 14.8. The second-order valence-electron chi connectivity index (χ2n) is 5.65. The molecule has 0 saturated carbocycles. The average Bonchev–Trinajstić information content (AvgIpc) is 2.58. The second kappa shape index (κ2) is 8.94. The number of halogens is 1. The highest BCUT2D eigenvalue weighted by Crippen LogP contribution is 2.18. The molecule has 2 aromatic rings. The number of hydrogen-bond donors (Lipinski definition) is 3. The summed E-state index contributed by atoms with van der Waals surface area (Å²) in [5.41, 5.74) is 6.20. The molecule has 132 valence electrons. The molecule has 3 N–H and O–H groups in total. The van der Waals surface area contributed by atoms with Crippen molar-refractivity contribution in [3.8, 4) is 5.75 Å². The van der Waals surface area contributed by atoms with Gasteiger partial charge in [0, 0.05) is 10.7 Å². The molecule has 0 radical (unpaired) electrons. The number of urea groups is 1. The number of hydrogen-bond acceptors (Lipinski definition) is 3. The van der Waals surface area contributed by atoms with Gasteiger partial charge in [-0.25, -0.2) is 10.2 Å². The van der Waals surface area contributed by atoms with Gasteiger partial charge in [-0.2, -0.15) is 0 Å². The van der Waals surface area contributed by atoms with Crippen molar-refractivity contribution < 1.29 is 14.3 Å². The van der Waals surface area contributed by atoms with Crippen LogP contribution >= 0.6 is 11.6 Å². The van der Waals surface area contributed by atoms with E-state index in [-0.39, 0.29) is 6.61 Å². The van der Waals surface area contributed by atoms with Crippen molar-refractivity contribution in [2.75, 3.05) is 11.9 Å². The van der Waals surface area contributed by atoms with E-state index in [9.17, 15) is 9.59 Å². The van der Waals surface area contributed by atoms with Crippen LogP contribution in [0.3, 0.4) is 0 Å². The van der Waals surface area contributed by atoms with Crippen LogP contribution < -0.4 is 20.9 Å². The van der Waals surface area contributed by atoms with Crippen LogP contribution in [0.1, 0.15) is 25.3 Å². The summed E-state index contributed by atoms with van der Waals surface area (Å²) in [5, 5.41) is 3.04. The molecule has 0 saturated heterocycles. The summed E-state index contributed by atoms with van der Waals surface area (Å²) in [4.78, 5) is 23.4. The first kappa shape index (κ1) is 18.6. The summed E-state index contributed by atoms with van der Waals surface area (Å²) in [7, 11) is 0. The standard InChI is InChI=1S/C18H20ClN3O3/c1-12(2)13-6-8-16(9-7-13)25-11-17(23)21-22-18(24)20-15-5-3-4-14(19)10-15/h3-10,12H,11H2,1-2H3,(H,21,23)(H2,20,22,24). The fraction of sp³-hybridized carbons (Fsp3) is 0.222. The molecular formula is C18H20ClN3O3. The molecule has 2 rings (SSSR count). The first-order chi connectivity index (χ1) is 11.9. The normalized spacial score (nSPS) is 10.2. The molecule has 0 aliphatic carbocycles. The zero-order valence-electron chi connectivity index (χ0n) is 14.0. The maximum Gasteiger partial charge on any atom is 0.337 e. The minimum absolute atomic E-state index is 0.210. The lowest BCUT2D eigenvalue weighted by atomic mass is 10.0. The van der Waals surface area contributed by atoms with E-state index in [4.69, 9.17) is 16.3 Å². The topological polar surface area (TPSA) is 79.5 Å². The molecule has 0 aromatic heterocycles. The van der Waals surface area contributed by atoms with Crippen LogP contribution in [0.25, 0.3) is 0 Å². The van der Waals surface area contributed by atoms with Gasteiger partial charge in [0.25, 0.3) is 5.91 Å². The molecule has 0 bridgehead atoms. The maximum atomic E-state index is 11.7. The number of nitrogens with one attached hydrogen (secondary N) is 3. The highest BCUT2D eigenvalue weighted by atomic mass is 35.5. The SMILES string of the molecule is CC(C)c1ccc(OCC(=O)NNC(=O)Nc2cccc(Cl)c2)cc1. The molecule has 25 heavy (non-hydrogen) atoms. The van der Waals surface area contributed by atoms with E-state index in [1.807, 2.05) is 24.3 Å². The fourth-order valence-electron chi connectivity index (χ4n) is 1.99. The monoisotopic (exact) mass is 361 g/mol. The molecular weight excluding hydrogens is 342 g/mol. The van der Waals surface area contributed by atoms with Crippen LogP contribution in [-0.4, -0.2) is 18.5 Å². The van der Waals surface area contributed by atoms with Crippen molar-refractivity contribution >= 4 is 29.2 Å². The van der Waals surface area contributed by atoms with Gasteiger partial charge in [0.05, 0.1) is 0 Å². The number of carbonyl (C=O) groups is 2. The van der Waals surface area contributed by atoms with E-state index in [1.165, 1.54) is 5.56 Å². The molecule has 2 aromatic carbocycles. The molecule has 0 unspecified atom stereocenters. The molecule has 0 atom stereocenters. The fourth-order valence-corrected chi connectivity index (χ4v) is 2.18. The van der Waals surface area contributed by atoms with Crippen molar-refractivity contribution in [2.24, 2.45) is 0 Å². The second-order valence-corrected chi connectivity index (χ2v) is 6.09. The van der Waals surface area contributed by atoms with E-state index < -0.39 is 11.9 Å². The van der Waals surface area contributed by atoms with Gasteiger partial charge < -0.3 is 10.1 Å². The molecule has 0 fully saturated rings. The van der Waals surface area contributed by atoms with E-state index >= 15 is 0 Å². The molecule has 0 heterocycles. The molecule has 3 amide bonds. The molecule has 6 nitrogen and oxygen atoms in total. The number of hydrazine groups is 1. The lowest BCUT2D eigenvalue weighted by molar-refractivity contribution is -0.123. The summed E-state index contributed by atoms with van der Waals surface area (Å²) in [6.07, 6.45) is 0. The van der Waals surface area contributed by atoms with E-state index in [0.29, 0.717) is 22.4 Å². The van der Waals surface area contributed by atoms with Gasteiger partial charge in [-0.1, -0.05) is 43.6 Å². The number of rotatable bonds is 5. The summed E-state index contributed by atoms with van der Waals surface area (Å²) in [6.45, 7) is 3.99. The highest BCUT2D eigenvalue weighted by Gasteiger charge is 2.06. The number of carbonyl (C=O) groups excluding carboxylic acids is 2. The van der Waals surface area contributed by atoms with Crippen molar-refractivity contribution in [3.05, 3.63) is 59.1 Å². The predicted molar refractivity (Wildman–Crippen MR) is 97.8 cm³/mol. The van der Waals surface area contributed by atoms with Crippen LogP contribution in [0, 0.1) is 0 Å². The Morgan fingerprint density at radius 1 is 1.08 bits per heavy atom. The smallest absolute Gasteiger partial charge is 0.337 e. The number of amides is 3. The van der Waals surface area contributed by atoms with Crippen LogP contribution in [-0.2, 0) is 4.79 Å². The Morgan fingerprint density at radius 3 is 2.44 bits per heavy atom. The van der Waals surface area contributed by atoms with Crippen LogP contribution in [0.5, 0.6) is 5.75 Å². The van der Waals surface area contributed by atoms with Crippen LogP contribution in [0.2, 0.25) is 5.02 Å². The Labute approximate surface area is 151 Å². The summed E-state index contributed by atoms with van der Waals surface area (Å²) >= 11 is 5.82. The third-order valence-electron chi connectivity index (χ3n) is 3.31. The summed E-state index contributed by atoms with van der Waals surface area (Å²) < 4.78 is 5.37. The van der Waals surface area contributed by atoms with Crippen molar-refractivity contribution in [1.29, 1.82) is 0 Å². The molecule has 0 aliphatic heterocycles. The Morgan fingerprint density at radius 2 is 1.80 bits per heavy atom. The Bertz CT molecular complexity index is 733. The Hall–Kier alpha value is -2.73. The first-order valence-corrected chi connectivity index (χ1v) is 8.16. The van der Waals surface area contributed by atoms with E-state index in [2.05, 4.69) is 30.0 Å². The predicted octanol–water partition coefficient (Wildman–Crippen LogP) is 3.70. The van der Waals surface area contributed by atoms with Crippen molar-refractivity contribution in [3.63, 3.8) is 0 Å². The van der Waals surface area contributed by atoms with Gasteiger partial charge in [-0.3, -0.25) is 10.2 Å². The van der Waals surface area contributed by atoms with Gasteiger partial charge in [0.1, 0.15) is 5.75 Å². The average molecular weight is 362 g/mol. The van der Waals surface area contributed by atoms with Gasteiger partial charge in [0.2, 0.25) is 0 Å². The summed E-state index contributed by atoms with van der Waals surface area (Å²) in [6, 6.07) is 13.6. The minimum atomic E-state index is -0.586. The Balaban J connectivity index is 1.72. The largest absolute Gasteiger partial charge is 0.484 e. The third kappa shape index (κ3) is 6.35. The minimum Gasteiger partial charge on any atom is -0.484 e. The van der Waals surface area contributed by atoms with Crippen molar-refractivity contribution in [1.82, 2.24) is 10.9 Å². The summed E-state index contributed by atoms with van der Waals surface area (Å²) in [5.74, 6) is 0.539. The molecule has 7 heteroatoms. The highest BCUT2D eigenvalue weighted by molar-refractivity contribution is 6.30. The first-order valence-electron chi connectivity index (χ1n) is 7.78. The molecule has 0 aliphatic rings. The number of ether oxygens (including phenoxy) is 1. The van der Waals surface area contributed by atoms with Crippen LogP contribution in [0.15, 0.2) is 48.5 Å². The van der Waals surface area contributed by atoms with E-state index in [1.54, 1.807) is 24.3 Å². The third-order valence-corrected chi connectivity index (χ3v) is 3.55. The van der Waals surface area contributed by atoms with Gasteiger partial charge in [-0.15, -0.1) is 0 Å². The van der Waals surface area contributed by atoms with Gasteiger partial charge in [-0.05, 0) is 41.8 Å². The number of anilines is 1. The van der Waals surface area contributed by atoms with Crippen molar-refractivity contribution in [2.45, 2.75) is 19.8 Å². The lowest BCUT2D eigenvalue weighted by Gasteiger charge is -2.11. The molecule has 0 spiro atoms. The van der Waals surface area contributed by atoms with Gasteiger partial charge >= 0.3 is 6.03 Å². The number of benzene rings is 2. The Kier molecular flexibility index (Phi) is 6.65. The lowest BCUT2D eigenvalue weighted by Crippen LogP contribution is -2.45. The maximum absolute atomic E-state index is 11.7. The van der Waals surface area contributed by atoms with Crippen LogP contribution in [0.4, 0.5) is 10.5 Å². The quantitative estimate of drug-likeness (QED) is 0.710. The zero-order chi connectivity index (χ0) is 18.2. The van der Waals surface area contributed by atoms with E-state index in [0.717, 1.165) is 0 Å².